The van der Waals surface area contributed by atoms with Crippen molar-refractivity contribution in [1.82, 2.24) is 4.98 Å². The third-order valence-electron chi connectivity index (χ3n) is 6.52. The van der Waals surface area contributed by atoms with Gasteiger partial charge in [0.1, 0.15) is 11.5 Å². The van der Waals surface area contributed by atoms with Crippen LogP contribution in [-0.4, -0.2) is 50.1 Å². The number of aliphatic imine (C=N–C) groups is 1. The van der Waals surface area contributed by atoms with E-state index >= 15 is 0 Å². The number of fused-ring (bicyclic) bond motifs is 1. The van der Waals surface area contributed by atoms with Crippen molar-refractivity contribution in [3.05, 3.63) is 41.2 Å². The number of hydrogen-bond acceptors (Lipinski definition) is 7. The van der Waals surface area contributed by atoms with Crippen LogP contribution in [0.5, 0.6) is 0 Å². The average molecular weight is 526 g/mol. The van der Waals surface area contributed by atoms with E-state index in [-0.39, 0.29) is 45.9 Å². The first-order valence-electron chi connectivity index (χ1n) is 11.4. The topological polar surface area (TPSA) is 97.7 Å². The van der Waals surface area contributed by atoms with Crippen molar-refractivity contribution in [3.63, 3.8) is 0 Å². The number of carbonyl (C=O) groups is 1. The van der Waals surface area contributed by atoms with Gasteiger partial charge in [-0.15, -0.1) is 0 Å². The number of ether oxygens (including phenoxy) is 1. The molecule has 1 aromatic heterocycles. The molecular weight excluding hydrogens is 502 g/mol. The molecule has 1 N–H and O–H groups in total. The van der Waals surface area contributed by atoms with Gasteiger partial charge in [0.15, 0.2) is 9.84 Å². The summed E-state index contributed by atoms with van der Waals surface area (Å²) in [7, 11) is -3.72. The smallest absolute Gasteiger partial charge is 0.277 e. The molecule has 3 aliphatic rings. The number of ketones is 1. The first-order valence-corrected chi connectivity index (χ1v) is 13.3. The second-order valence-corrected chi connectivity index (χ2v) is 11.3. The normalized spacial score (nSPS) is 22.4. The number of carbonyl (C=O) groups excluding carboxylic acids is 1. The van der Waals surface area contributed by atoms with E-state index in [2.05, 4.69) is 15.3 Å². The lowest BCUT2D eigenvalue weighted by atomic mass is 10.1. The fourth-order valence-electron chi connectivity index (χ4n) is 4.56. The van der Waals surface area contributed by atoms with E-state index in [1.54, 1.807) is 12.1 Å². The Balaban J connectivity index is 1.52. The highest BCUT2D eigenvalue weighted by molar-refractivity contribution is 7.90. The lowest BCUT2D eigenvalue weighted by Gasteiger charge is -2.17. The molecule has 1 aliphatic carbocycles. The standard InChI is InChI=1S/C24H23F4N3O4S/c1-36(33,34)21-7-12(20-3-2-6-35-20)4-5-15(21)30-16-8-13(9-19(32)14-11-24(14,27)28)29-17-10-18(23(25)26)31-22(16)17/h4-5,7-8,14,20,23H,2-3,6,9-11H2,1H3,(H,29,30)/t14?,20-/m0/s1. The molecule has 36 heavy (non-hydrogen) atoms. The van der Waals surface area contributed by atoms with Crippen LogP contribution >= 0.6 is 0 Å². The minimum absolute atomic E-state index is 0.0210. The van der Waals surface area contributed by atoms with Gasteiger partial charge in [-0.3, -0.25) is 9.78 Å². The second kappa shape index (κ2) is 8.91. The minimum atomic E-state index is -3.72. The first kappa shape index (κ1) is 24.8. The Morgan fingerprint density at radius 1 is 1.25 bits per heavy atom. The van der Waals surface area contributed by atoms with Crippen molar-refractivity contribution in [1.29, 1.82) is 0 Å². The molecule has 1 aromatic carbocycles. The molecular formula is C24H23F4N3O4S. The fraction of sp³-hybridized carbons (Fsp3) is 0.458. The summed E-state index contributed by atoms with van der Waals surface area (Å²) in [6, 6.07) is 6.17. The van der Waals surface area contributed by atoms with Crippen LogP contribution in [0.25, 0.3) is 0 Å². The zero-order valence-corrected chi connectivity index (χ0v) is 20.0. The minimum Gasteiger partial charge on any atom is -0.374 e. The zero-order valence-electron chi connectivity index (χ0n) is 19.2. The van der Waals surface area contributed by atoms with E-state index in [0.29, 0.717) is 12.2 Å². The van der Waals surface area contributed by atoms with Crippen LogP contribution in [0.15, 0.2) is 34.2 Å². The van der Waals surface area contributed by atoms with Crippen LogP contribution in [0, 0.1) is 5.92 Å². The number of alkyl halides is 4. The summed E-state index contributed by atoms with van der Waals surface area (Å²) in [6.45, 7) is 0.584. The molecule has 1 saturated carbocycles. The molecule has 1 saturated heterocycles. The van der Waals surface area contributed by atoms with Crippen molar-refractivity contribution in [2.24, 2.45) is 10.9 Å². The number of halogens is 4. The summed E-state index contributed by atoms with van der Waals surface area (Å²) in [6.07, 6.45) is -1.56. The molecule has 0 bridgehead atoms. The summed E-state index contributed by atoms with van der Waals surface area (Å²) in [5, 5.41) is 2.96. The van der Waals surface area contributed by atoms with Crippen molar-refractivity contribution >= 4 is 38.4 Å². The molecule has 12 heteroatoms. The van der Waals surface area contributed by atoms with Crippen LogP contribution in [-0.2, 0) is 32.2 Å². The van der Waals surface area contributed by atoms with Crippen LogP contribution in [0.4, 0.5) is 34.6 Å². The van der Waals surface area contributed by atoms with Crippen LogP contribution < -0.4 is 5.32 Å². The van der Waals surface area contributed by atoms with E-state index < -0.39 is 52.4 Å². The Hall–Kier alpha value is -2.86. The van der Waals surface area contributed by atoms with Crippen molar-refractivity contribution < 1.29 is 35.5 Å². The molecule has 2 aromatic rings. The maximum Gasteiger partial charge on any atom is 0.277 e. The van der Waals surface area contributed by atoms with E-state index in [9.17, 15) is 30.8 Å². The van der Waals surface area contributed by atoms with Gasteiger partial charge in [-0.25, -0.2) is 31.0 Å². The van der Waals surface area contributed by atoms with Crippen molar-refractivity contribution in [2.75, 3.05) is 18.2 Å². The Morgan fingerprint density at radius 2 is 2.00 bits per heavy atom. The summed E-state index contributed by atoms with van der Waals surface area (Å²) in [5.74, 6) is -5.10. The number of nitrogens with zero attached hydrogens (tertiary/aromatic N) is 2. The molecule has 2 aliphatic heterocycles. The van der Waals surface area contributed by atoms with Crippen molar-refractivity contribution in [3.8, 4) is 0 Å². The largest absolute Gasteiger partial charge is 0.374 e. The molecule has 0 spiro atoms. The maximum absolute atomic E-state index is 13.4. The lowest BCUT2D eigenvalue weighted by Crippen LogP contribution is -2.13. The third-order valence-corrected chi connectivity index (χ3v) is 7.66. The molecule has 0 radical (unpaired) electrons. The Morgan fingerprint density at radius 3 is 2.61 bits per heavy atom. The Kier molecular flexibility index (Phi) is 6.14. The number of pyridine rings is 1. The SMILES string of the molecule is CS(=O)(=O)c1cc([C@@H]2CCCO2)ccc1Nc1cc(CC(=O)C2CC2(F)F)nc2c1N=C(C(F)F)C2. The van der Waals surface area contributed by atoms with Gasteiger partial charge in [-0.1, -0.05) is 6.07 Å². The third kappa shape index (κ3) is 4.88. The maximum atomic E-state index is 13.4. The van der Waals surface area contributed by atoms with E-state index in [1.165, 1.54) is 12.1 Å². The number of hydrogen-bond donors (Lipinski definition) is 1. The molecule has 3 heterocycles. The first-order chi connectivity index (χ1) is 16.9. The monoisotopic (exact) mass is 525 g/mol. The molecule has 7 nitrogen and oxygen atoms in total. The van der Waals surface area contributed by atoms with Crippen molar-refractivity contribution in [2.45, 2.75) is 55.5 Å². The Labute approximate surface area is 204 Å². The lowest BCUT2D eigenvalue weighted by molar-refractivity contribution is -0.121. The van der Waals surface area contributed by atoms with Crippen LogP contribution in [0.1, 0.15) is 42.3 Å². The highest BCUT2D eigenvalue weighted by atomic mass is 32.2. The van der Waals surface area contributed by atoms with Crippen LogP contribution in [0.3, 0.4) is 0 Å². The molecule has 2 fully saturated rings. The number of benzene rings is 1. The van der Waals surface area contributed by atoms with Gasteiger partial charge in [-0.2, -0.15) is 0 Å². The van der Waals surface area contributed by atoms with Gasteiger partial charge < -0.3 is 10.1 Å². The van der Waals surface area contributed by atoms with Gasteiger partial charge >= 0.3 is 0 Å². The molecule has 0 amide bonds. The number of aromatic nitrogens is 1. The summed E-state index contributed by atoms with van der Waals surface area (Å²) >= 11 is 0. The molecule has 5 rings (SSSR count). The predicted molar refractivity (Wildman–Crippen MR) is 124 cm³/mol. The summed E-state index contributed by atoms with van der Waals surface area (Å²) in [4.78, 5) is 20.5. The predicted octanol–water partition coefficient (Wildman–Crippen LogP) is 4.74. The number of anilines is 2. The van der Waals surface area contributed by atoms with E-state index in [4.69, 9.17) is 4.74 Å². The molecule has 192 valence electrons. The van der Waals surface area contributed by atoms with Gasteiger partial charge in [0.25, 0.3) is 12.3 Å². The fourth-order valence-corrected chi connectivity index (χ4v) is 5.43. The van der Waals surface area contributed by atoms with Gasteiger partial charge in [0.2, 0.25) is 0 Å². The van der Waals surface area contributed by atoms with E-state index in [0.717, 1.165) is 19.1 Å². The summed E-state index contributed by atoms with van der Waals surface area (Å²) < 4.78 is 84.3. The van der Waals surface area contributed by atoms with E-state index in [1.807, 2.05) is 0 Å². The summed E-state index contributed by atoms with van der Waals surface area (Å²) in [5.41, 5.74) is 1.00. The van der Waals surface area contributed by atoms with Gasteiger partial charge in [0.05, 0.1) is 45.4 Å². The van der Waals surface area contributed by atoms with Gasteiger partial charge in [0, 0.05) is 32.1 Å². The highest BCUT2D eigenvalue weighted by Crippen LogP contribution is 2.49. The quantitative estimate of drug-likeness (QED) is 0.500. The molecule has 2 atom stereocenters. The van der Waals surface area contributed by atoms with Crippen LogP contribution in [0.2, 0.25) is 0 Å². The number of rotatable bonds is 8. The van der Waals surface area contributed by atoms with Gasteiger partial charge in [-0.05, 0) is 36.6 Å². The Bertz CT molecular complexity index is 1370. The average Bonchev–Trinajstić information content (AvgIpc) is 3.19. The number of nitrogens with one attached hydrogen (secondary N) is 1. The number of sulfone groups is 1. The number of Topliss-reactive ketones (excluding diaryl/α,β-unsaturated/α-hetero) is 1. The highest BCUT2D eigenvalue weighted by Gasteiger charge is 2.60. The second-order valence-electron chi connectivity index (χ2n) is 9.35. The molecule has 1 unspecified atom stereocenters. The zero-order chi connectivity index (χ0) is 25.8.